The van der Waals surface area contributed by atoms with Crippen LogP contribution >= 0.6 is 0 Å². The summed E-state index contributed by atoms with van der Waals surface area (Å²) < 4.78 is 27.4. The monoisotopic (exact) mass is 533 g/mol. The van der Waals surface area contributed by atoms with Crippen LogP contribution in [0, 0.1) is 36.0 Å². The zero-order valence-corrected chi connectivity index (χ0v) is 22.2. The number of fused-ring (bicyclic) bond motifs is 1. The van der Waals surface area contributed by atoms with Crippen molar-refractivity contribution in [2.24, 2.45) is 23.2 Å². The zero-order chi connectivity index (χ0) is 26.9. The minimum Gasteiger partial charge on any atom is -0.487 e. The molecule has 0 radical (unpaired) electrons. The number of halogens is 1. The lowest BCUT2D eigenvalue weighted by atomic mass is 9.49. The van der Waals surface area contributed by atoms with E-state index in [2.05, 4.69) is 19.6 Å². The molecule has 0 unspecified atom stereocenters. The fraction of sp³-hybridized carbons (Fsp3) is 0.536. The minimum atomic E-state index is -0.868. The maximum Gasteiger partial charge on any atom is 0.342 e. The number of anilines is 3. The number of nitrogens with zero attached hydrogens (tertiary/aromatic N) is 6. The molecule has 4 aliphatic carbocycles. The average molecular weight is 534 g/mol. The maximum absolute atomic E-state index is 14.1. The molecule has 4 bridgehead atoms. The van der Waals surface area contributed by atoms with Crippen LogP contribution < -0.4 is 15.4 Å². The van der Waals surface area contributed by atoms with Crippen molar-refractivity contribution in [1.82, 2.24) is 24.7 Å². The minimum absolute atomic E-state index is 0.224. The first-order valence-electron chi connectivity index (χ1n) is 13.7. The van der Waals surface area contributed by atoms with Gasteiger partial charge >= 0.3 is 5.97 Å². The van der Waals surface area contributed by atoms with Crippen molar-refractivity contribution in [3.05, 3.63) is 35.8 Å². The Bertz CT molecular complexity index is 1440. The first-order chi connectivity index (χ1) is 18.8. The number of nitrogens with two attached hydrogens (primary N) is 1. The predicted molar refractivity (Wildman–Crippen MR) is 141 cm³/mol. The van der Waals surface area contributed by atoms with Crippen molar-refractivity contribution in [1.29, 1.82) is 0 Å². The van der Waals surface area contributed by atoms with Gasteiger partial charge in [-0.25, -0.2) is 14.8 Å². The summed E-state index contributed by atoms with van der Waals surface area (Å²) in [6.45, 7) is 3.53. The van der Waals surface area contributed by atoms with Crippen LogP contribution in [0.1, 0.15) is 54.6 Å². The standard InChI is InChI=1S/C28H32FN7O3/c1-15-19(12-33-36(15)14-28-8-16-5-17(9-28)7-18(6-16)10-28)20-11-32-26-23(22(20)27(37)38-2)39-4-3-35(26)21-13-31-25(30)24(29)34-21/h11-13,16-18H,3-10,14H2,1-2H3,(H2,30,31). The van der Waals surface area contributed by atoms with E-state index < -0.39 is 11.9 Å². The summed E-state index contributed by atoms with van der Waals surface area (Å²) in [4.78, 5) is 27.3. The number of ether oxygens (including phenoxy) is 2. The highest BCUT2D eigenvalue weighted by atomic mass is 19.1. The third-order valence-corrected chi connectivity index (χ3v) is 9.29. The highest BCUT2D eigenvalue weighted by molar-refractivity contribution is 6.02. The Morgan fingerprint density at radius 2 is 1.85 bits per heavy atom. The van der Waals surface area contributed by atoms with Gasteiger partial charge in [0.15, 0.2) is 23.2 Å². The Morgan fingerprint density at radius 3 is 2.51 bits per heavy atom. The van der Waals surface area contributed by atoms with Crippen LogP contribution in [-0.2, 0) is 11.3 Å². The molecule has 3 aromatic heterocycles. The first kappa shape index (κ1) is 24.3. The van der Waals surface area contributed by atoms with Crippen molar-refractivity contribution in [2.75, 3.05) is 30.9 Å². The molecule has 2 N–H and O–H groups in total. The van der Waals surface area contributed by atoms with Gasteiger partial charge in [-0.15, -0.1) is 0 Å². The number of aromatic nitrogens is 5. The van der Waals surface area contributed by atoms with Gasteiger partial charge in [-0.05, 0) is 68.6 Å². The topological polar surface area (TPSA) is 121 Å². The van der Waals surface area contributed by atoms with Crippen molar-refractivity contribution in [3.8, 4) is 16.9 Å². The molecule has 4 heterocycles. The fourth-order valence-corrected chi connectivity index (χ4v) is 8.06. The summed E-state index contributed by atoms with van der Waals surface area (Å²) in [5.41, 5.74) is 8.48. The molecule has 0 atom stereocenters. The van der Waals surface area contributed by atoms with Gasteiger partial charge in [-0.2, -0.15) is 14.5 Å². The maximum atomic E-state index is 14.1. The average Bonchev–Trinajstić information content (AvgIpc) is 3.26. The van der Waals surface area contributed by atoms with Crippen LogP contribution in [0.25, 0.3) is 11.1 Å². The normalized spacial score (nSPS) is 26.8. The van der Waals surface area contributed by atoms with Crippen molar-refractivity contribution in [3.63, 3.8) is 0 Å². The van der Waals surface area contributed by atoms with Crippen LogP contribution in [0.5, 0.6) is 5.75 Å². The molecule has 4 fully saturated rings. The molecule has 0 saturated heterocycles. The molecule has 4 saturated carbocycles. The highest BCUT2D eigenvalue weighted by Crippen LogP contribution is 2.60. The van der Waals surface area contributed by atoms with E-state index in [1.54, 1.807) is 11.1 Å². The van der Waals surface area contributed by atoms with Crippen molar-refractivity contribution >= 4 is 23.4 Å². The molecule has 1 aliphatic heterocycles. The summed E-state index contributed by atoms with van der Waals surface area (Å²) in [6.07, 6.45) is 12.9. The molecule has 204 valence electrons. The van der Waals surface area contributed by atoms with E-state index in [0.717, 1.165) is 35.6 Å². The van der Waals surface area contributed by atoms with Gasteiger partial charge in [0.25, 0.3) is 5.95 Å². The number of pyridine rings is 1. The van der Waals surface area contributed by atoms with Crippen molar-refractivity contribution in [2.45, 2.75) is 52.0 Å². The third-order valence-electron chi connectivity index (χ3n) is 9.29. The molecule has 0 aromatic carbocycles. The Labute approximate surface area is 225 Å². The van der Waals surface area contributed by atoms with E-state index in [1.807, 2.05) is 13.1 Å². The van der Waals surface area contributed by atoms with Crippen LogP contribution in [0.2, 0.25) is 0 Å². The second-order valence-corrected chi connectivity index (χ2v) is 11.8. The zero-order valence-electron chi connectivity index (χ0n) is 22.2. The summed E-state index contributed by atoms with van der Waals surface area (Å²) in [6, 6.07) is 0. The van der Waals surface area contributed by atoms with E-state index in [9.17, 15) is 9.18 Å². The second-order valence-electron chi connectivity index (χ2n) is 11.8. The molecule has 0 amide bonds. The number of carbonyl (C=O) groups is 1. The van der Waals surface area contributed by atoms with Crippen LogP contribution in [0.3, 0.4) is 0 Å². The Kier molecular flexibility index (Phi) is 5.54. The molecule has 5 aliphatic rings. The molecule has 0 spiro atoms. The second kappa shape index (κ2) is 8.89. The van der Waals surface area contributed by atoms with E-state index >= 15 is 0 Å². The summed E-state index contributed by atoms with van der Waals surface area (Å²) >= 11 is 0. The summed E-state index contributed by atoms with van der Waals surface area (Å²) in [5, 5.41) is 4.80. The van der Waals surface area contributed by atoms with E-state index in [-0.39, 0.29) is 29.6 Å². The molecule has 3 aromatic rings. The van der Waals surface area contributed by atoms with Gasteiger partial charge in [0, 0.05) is 29.6 Å². The summed E-state index contributed by atoms with van der Waals surface area (Å²) in [7, 11) is 1.34. The molecule has 10 nitrogen and oxygen atoms in total. The van der Waals surface area contributed by atoms with E-state index in [1.165, 1.54) is 51.8 Å². The fourth-order valence-electron chi connectivity index (χ4n) is 8.06. The van der Waals surface area contributed by atoms with Crippen molar-refractivity contribution < 1.29 is 18.7 Å². The van der Waals surface area contributed by atoms with E-state index in [0.29, 0.717) is 23.3 Å². The van der Waals surface area contributed by atoms with Gasteiger partial charge in [0.2, 0.25) is 0 Å². The Balaban J connectivity index is 1.26. The quantitative estimate of drug-likeness (QED) is 0.479. The van der Waals surface area contributed by atoms with Gasteiger partial charge in [0.05, 0.1) is 26.0 Å². The third kappa shape index (κ3) is 3.92. The van der Waals surface area contributed by atoms with Crippen LogP contribution in [0.4, 0.5) is 21.8 Å². The van der Waals surface area contributed by atoms with Gasteiger partial charge in [0.1, 0.15) is 12.2 Å². The lowest BCUT2D eigenvalue weighted by Crippen LogP contribution is -2.48. The number of nitrogen functional groups attached to an aromatic ring is 1. The first-order valence-corrected chi connectivity index (χ1v) is 13.7. The number of esters is 1. The smallest absolute Gasteiger partial charge is 0.342 e. The number of hydrogen-bond donors (Lipinski definition) is 1. The molecule has 39 heavy (non-hydrogen) atoms. The number of carbonyl (C=O) groups excluding carboxylic acids is 1. The highest BCUT2D eigenvalue weighted by Gasteiger charge is 2.51. The van der Waals surface area contributed by atoms with Gasteiger partial charge < -0.3 is 20.1 Å². The SMILES string of the molecule is COC(=O)c1c(-c2cnn(CC34CC5CC(CC(C5)C3)C4)c2C)cnc2c1OCCN2c1cnc(N)c(F)n1. The lowest BCUT2D eigenvalue weighted by Gasteiger charge is -2.56. The lowest BCUT2D eigenvalue weighted by molar-refractivity contribution is -0.0638. The molecular formula is C28H32FN7O3. The largest absolute Gasteiger partial charge is 0.487 e. The number of rotatable bonds is 5. The molecular weight excluding hydrogens is 501 g/mol. The summed E-state index contributed by atoms with van der Waals surface area (Å²) in [5.74, 6) is 1.71. The molecule has 8 rings (SSSR count). The Morgan fingerprint density at radius 1 is 1.13 bits per heavy atom. The Hall–Kier alpha value is -3.76. The van der Waals surface area contributed by atoms with Gasteiger partial charge in [-0.1, -0.05) is 0 Å². The number of methoxy groups -OCH3 is 1. The van der Waals surface area contributed by atoms with E-state index in [4.69, 9.17) is 20.3 Å². The van der Waals surface area contributed by atoms with Crippen LogP contribution in [0.15, 0.2) is 18.6 Å². The van der Waals surface area contributed by atoms with Crippen LogP contribution in [-0.4, -0.2) is 51.0 Å². The van der Waals surface area contributed by atoms with Gasteiger partial charge in [-0.3, -0.25) is 4.68 Å². The number of hydrogen-bond acceptors (Lipinski definition) is 9. The molecule has 11 heteroatoms. The predicted octanol–water partition coefficient (Wildman–Crippen LogP) is 4.30.